The summed E-state index contributed by atoms with van der Waals surface area (Å²) in [5, 5.41) is 8.90. The van der Waals surface area contributed by atoms with E-state index in [1.54, 1.807) is 0 Å². The van der Waals surface area contributed by atoms with E-state index in [1.165, 1.54) is 5.56 Å². The van der Waals surface area contributed by atoms with Crippen LogP contribution in [-0.2, 0) is 0 Å². The SMILES string of the molecule is CCN1CCC(N)C1c1cccc(C#N)c1. The quantitative estimate of drug-likeness (QED) is 0.816. The van der Waals surface area contributed by atoms with Gasteiger partial charge in [-0.3, -0.25) is 4.90 Å². The Balaban J connectivity index is 2.31. The molecule has 1 aliphatic rings. The van der Waals surface area contributed by atoms with Crippen LogP contribution in [0.3, 0.4) is 0 Å². The van der Waals surface area contributed by atoms with E-state index >= 15 is 0 Å². The van der Waals surface area contributed by atoms with Crippen LogP contribution in [0.25, 0.3) is 0 Å². The molecule has 1 heterocycles. The molecule has 1 aromatic rings. The molecule has 3 heteroatoms. The molecule has 0 amide bonds. The fraction of sp³-hybridized carbons (Fsp3) is 0.462. The second-order valence-corrected chi connectivity index (χ2v) is 4.26. The number of hydrogen-bond donors (Lipinski definition) is 1. The van der Waals surface area contributed by atoms with E-state index in [9.17, 15) is 0 Å². The largest absolute Gasteiger partial charge is 0.326 e. The number of hydrogen-bond acceptors (Lipinski definition) is 3. The van der Waals surface area contributed by atoms with Crippen molar-refractivity contribution < 1.29 is 0 Å². The van der Waals surface area contributed by atoms with Gasteiger partial charge in [0.05, 0.1) is 11.6 Å². The molecular formula is C13H17N3. The van der Waals surface area contributed by atoms with Crippen molar-refractivity contribution in [2.45, 2.75) is 25.4 Å². The molecule has 2 rings (SSSR count). The first-order valence-corrected chi connectivity index (χ1v) is 5.76. The maximum atomic E-state index is 8.90. The summed E-state index contributed by atoms with van der Waals surface area (Å²) in [5.74, 6) is 0. The smallest absolute Gasteiger partial charge is 0.0991 e. The van der Waals surface area contributed by atoms with E-state index in [1.807, 2.05) is 18.2 Å². The third-order valence-corrected chi connectivity index (χ3v) is 3.31. The Morgan fingerprint density at radius 2 is 2.38 bits per heavy atom. The summed E-state index contributed by atoms with van der Waals surface area (Å²) in [6.45, 7) is 4.22. The molecule has 1 aliphatic heterocycles. The maximum absolute atomic E-state index is 8.90. The van der Waals surface area contributed by atoms with E-state index in [2.05, 4.69) is 24.0 Å². The Kier molecular flexibility index (Phi) is 3.23. The first-order chi connectivity index (χ1) is 7.76. The van der Waals surface area contributed by atoms with Gasteiger partial charge in [-0.05, 0) is 30.7 Å². The summed E-state index contributed by atoms with van der Waals surface area (Å²) in [7, 11) is 0. The van der Waals surface area contributed by atoms with Crippen LogP contribution in [-0.4, -0.2) is 24.0 Å². The van der Waals surface area contributed by atoms with Gasteiger partial charge < -0.3 is 5.73 Å². The van der Waals surface area contributed by atoms with Gasteiger partial charge in [0, 0.05) is 18.6 Å². The molecule has 0 radical (unpaired) electrons. The molecule has 1 aromatic carbocycles. The highest BCUT2D eigenvalue weighted by molar-refractivity contribution is 5.35. The topological polar surface area (TPSA) is 53.0 Å². The van der Waals surface area contributed by atoms with Crippen molar-refractivity contribution in [1.82, 2.24) is 4.90 Å². The molecule has 0 bridgehead atoms. The Hall–Kier alpha value is -1.37. The molecule has 2 N–H and O–H groups in total. The van der Waals surface area contributed by atoms with Crippen molar-refractivity contribution in [3.63, 3.8) is 0 Å². The van der Waals surface area contributed by atoms with Gasteiger partial charge in [-0.1, -0.05) is 19.1 Å². The van der Waals surface area contributed by atoms with Crippen molar-refractivity contribution >= 4 is 0 Å². The fourth-order valence-corrected chi connectivity index (χ4v) is 2.49. The summed E-state index contributed by atoms with van der Waals surface area (Å²) in [4.78, 5) is 2.38. The van der Waals surface area contributed by atoms with Crippen LogP contribution in [0.5, 0.6) is 0 Å². The maximum Gasteiger partial charge on any atom is 0.0991 e. The number of nitriles is 1. The van der Waals surface area contributed by atoms with E-state index in [-0.39, 0.29) is 12.1 Å². The average Bonchev–Trinajstić information content (AvgIpc) is 2.70. The van der Waals surface area contributed by atoms with Gasteiger partial charge in [-0.2, -0.15) is 5.26 Å². The normalized spacial score (nSPS) is 25.6. The van der Waals surface area contributed by atoms with Crippen LogP contribution < -0.4 is 5.73 Å². The van der Waals surface area contributed by atoms with Crippen LogP contribution in [0.2, 0.25) is 0 Å². The standard InChI is InChI=1S/C13H17N3/c1-2-16-7-6-12(15)13(16)11-5-3-4-10(8-11)9-14/h3-5,8,12-13H,2,6-7,15H2,1H3. The van der Waals surface area contributed by atoms with Crippen molar-refractivity contribution in [2.75, 3.05) is 13.1 Å². The molecule has 1 saturated heterocycles. The lowest BCUT2D eigenvalue weighted by Gasteiger charge is -2.25. The first kappa shape index (κ1) is 11.1. The van der Waals surface area contributed by atoms with Crippen LogP contribution in [0.15, 0.2) is 24.3 Å². The van der Waals surface area contributed by atoms with Crippen LogP contribution in [0, 0.1) is 11.3 Å². The molecule has 84 valence electrons. The third-order valence-electron chi connectivity index (χ3n) is 3.31. The Labute approximate surface area is 96.5 Å². The fourth-order valence-electron chi connectivity index (χ4n) is 2.49. The van der Waals surface area contributed by atoms with Gasteiger partial charge in [-0.25, -0.2) is 0 Å². The van der Waals surface area contributed by atoms with Gasteiger partial charge in [-0.15, -0.1) is 0 Å². The summed E-state index contributed by atoms with van der Waals surface area (Å²) >= 11 is 0. The van der Waals surface area contributed by atoms with E-state index in [0.29, 0.717) is 5.56 Å². The number of likely N-dealkylation sites (N-methyl/N-ethyl adjacent to an activating group) is 1. The lowest BCUT2D eigenvalue weighted by molar-refractivity contribution is 0.261. The predicted octanol–water partition coefficient (Wildman–Crippen LogP) is 1.65. The Bertz CT molecular complexity index is 408. The highest BCUT2D eigenvalue weighted by Gasteiger charge is 2.31. The van der Waals surface area contributed by atoms with E-state index in [0.717, 1.165) is 19.5 Å². The molecule has 0 spiro atoms. The molecule has 0 saturated carbocycles. The minimum atomic E-state index is 0.189. The number of benzene rings is 1. The van der Waals surface area contributed by atoms with E-state index < -0.39 is 0 Å². The van der Waals surface area contributed by atoms with Gasteiger partial charge >= 0.3 is 0 Å². The predicted molar refractivity (Wildman–Crippen MR) is 63.7 cm³/mol. The summed E-state index contributed by atoms with van der Waals surface area (Å²) in [6.07, 6.45) is 1.04. The summed E-state index contributed by atoms with van der Waals surface area (Å²) in [6, 6.07) is 10.4. The monoisotopic (exact) mass is 215 g/mol. The number of likely N-dealkylation sites (tertiary alicyclic amines) is 1. The number of nitrogens with two attached hydrogens (primary N) is 1. The molecule has 16 heavy (non-hydrogen) atoms. The molecule has 2 unspecified atom stereocenters. The molecule has 0 aromatic heterocycles. The lowest BCUT2D eigenvalue weighted by Crippen LogP contribution is -2.31. The molecule has 1 fully saturated rings. The summed E-state index contributed by atoms with van der Waals surface area (Å²) < 4.78 is 0. The molecule has 2 atom stereocenters. The van der Waals surface area contributed by atoms with Crippen molar-refractivity contribution in [2.24, 2.45) is 5.73 Å². The van der Waals surface area contributed by atoms with Crippen molar-refractivity contribution in [3.05, 3.63) is 35.4 Å². The minimum Gasteiger partial charge on any atom is -0.326 e. The summed E-state index contributed by atoms with van der Waals surface area (Å²) in [5.41, 5.74) is 8.03. The minimum absolute atomic E-state index is 0.189. The third kappa shape index (κ3) is 1.95. The van der Waals surface area contributed by atoms with Crippen molar-refractivity contribution in [3.8, 4) is 6.07 Å². The van der Waals surface area contributed by atoms with Gasteiger partial charge in [0.2, 0.25) is 0 Å². The highest BCUT2D eigenvalue weighted by Crippen LogP contribution is 2.30. The zero-order chi connectivity index (χ0) is 11.5. The molecule has 3 nitrogen and oxygen atoms in total. The van der Waals surface area contributed by atoms with Crippen LogP contribution in [0.1, 0.15) is 30.5 Å². The zero-order valence-electron chi connectivity index (χ0n) is 9.56. The number of rotatable bonds is 2. The second-order valence-electron chi connectivity index (χ2n) is 4.26. The first-order valence-electron chi connectivity index (χ1n) is 5.76. The average molecular weight is 215 g/mol. The van der Waals surface area contributed by atoms with Crippen molar-refractivity contribution in [1.29, 1.82) is 5.26 Å². The molecular weight excluding hydrogens is 198 g/mol. The van der Waals surface area contributed by atoms with Gasteiger partial charge in [0.15, 0.2) is 0 Å². The Morgan fingerprint density at radius 3 is 3.06 bits per heavy atom. The highest BCUT2D eigenvalue weighted by atomic mass is 15.2. The zero-order valence-corrected chi connectivity index (χ0v) is 9.56. The van der Waals surface area contributed by atoms with Crippen LogP contribution in [0.4, 0.5) is 0 Å². The molecule has 0 aliphatic carbocycles. The van der Waals surface area contributed by atoms with E-state index in [4.69, 9.17) is 11.0 Å². The lowest BCUT2D eigenvalue weighted by atomic mass is 9.99. The van der Waals surface area contributed by atoms with Crippen LogP contribution >= 0.6 is 0 Å². The van der Waals surface area contributed by atoms with Gasteiger partial charge in [0.1, 0.15) is 0 Å². The Morgan fingerprint density at radius 1 is 1.56 bits per heavy atom. The van der Waals surface area contributed by atoms with Gasteiger partial charge in [0.25, 0.3) is 0 Å². The second kappa shape index (κ2) is 4.65. The number of nitrogens with zero attached hydrogens (tertiary/aromatic N) is 2.